The maximum Gasteiger partial charge on any atom is 0.146 e. The minimum Gasteiger partial charge on any atom is -0.352 e. The van der Waals surface area contributed by atoms with Gasteiger partial charge in [0.25, 0.3) is 0 Å². The van der Waals surface area contributed by atoms with Crippen molar-refractivity contribution >= 4 is 0 Å². The highest BCUT2D eigenvalue weighted by Crippen LogP contribution is 2.22. The molecule has 4 N–H and O–H groups in total. The SMILES string of the molecule is C[NH+](C)C1(C[NH3+])CCCCCC1. The van der Waals surface area contributed by atoms with Crippen molar-refractivity contribution in [3.05, 3.63) is 0 Å². The van der Waals surface area contributed by atoms with E-state index in [-0.39, 0.29) is 0 Å². The minimum absolute atomic E-state index is 0.510. The Kier molecular flexibility index (Phi) is 3.53. The van der Waals surface area contributed by atoms with Gasteiger partial charge in [-0.3, -0.25) is 0 Å². The largest absolute Gasteiger partial charge is 0.352 e. The van der Waals surface area contributed by atoms with E-state index in [1.54, 1.807) is 4.90 Å². The predicted molar refractivity (Wildman–Crippen MR) is 51.0 cm³/mol. The number of quaternary nitrogens is 2. The average Bonchev–Trinajstić information content (AvgIpc) is 2.29. The number of hydrogen-bond donors (Lipinski definition) is 2. The molecule has 0 aromatic carbocycles. The first-order valence-electron chi connectivity index (χ1n) is 5.31. The topological polar surface area (TPSA) is 32.1 Å². The van der Waals surface area contributed by atoms with Crippen LogP contribution in [0.1, 0.15) is 38.5 Å². The van der Waals surface area contributed by atoms with E-state index in [2.05, 4.69) is 19.8 Å². The second-order valence-electron chi connectivity index (χ2n) is 4.44. The number of nitrogens with one attached hydrogen (secondary N) is 1. The van der Waals surface area contributed by atoms with Crippen molar-refractivity contribution in [2.24, 2.45) is 0 Å². The Morgan fingerprint density at radius 1 is 1.08 bits per heavy atom. The minimum atomic E-state index is 0.510. The summed E-state index contributed by atoms with van der Waals surface area (Å²) < 4.78 is 0. The Morgan fingerprint density at radius 2 is 1.58 bits per heavy atom. The van der Waals surface area contributed by atoms with Crippen LogP contribution in [0.4, 0.5) is 0 Å². The molecular formula is C10H24N2+2. The lowest BCUT2D eigenvalue weighted by Crippen LogP contribution is -3.17. The summed E-state index contributed by atoms with van der Waals surface area (Å²) in [6, 6.07) is 0. The van der Waals surface area contributed by atoms with Gasteiger partial charge in [-0.05, 0) is 12.8 Å². The van der Waals surface area contributed by atoms with Crippen molar-refractivity contribution in [2.75, 3.05) is 20.6 Å². The molecule has 1 aliphatic carbocycles. The summed E-state index contributed by atoms with van der Waals surface area (Å²) in [5.74, 6) is 0. The molecule has 0 aromatic heterocycles. The first-order chi connectivity index (χ1) is 5.71. The predicted octanol–water partition coefficient (Wildman–Crippen LogP) is -0.534. The van der Waals surface area contributed by atoms with Crippen LogP contribution in [-0.4, -0.2) is 26.2 Å². The van der Waals surface area contributed by atoms with Gasteiger partial charge < -0.3 is 10.6 Å². The van der Waals surface area contributed by atoms with Gasteiger partial charge in [0.1, 0.15) is 12.1 Å². The molecular weight excluding hydrogens is 148 g/mol. The van der Waals surface area contributed by atoms with Crippen molar-refractivity contribution in [2.45, 2.75) is 44.1 Å². The van der Waals surface area contributed by atoms with E-state index >= 15 is 0 Å². The van der Waals surface area contributed by atoms with E-state index < -0.39 is 0 Å². The van der Waals surface area contributed by atoms with E-state index in [9.17, 15) is 0 Å². The van der Waals surface area contributed by atoms with Gasteiger partial charge in [-0.25, -0.2) is 0 Å². The molecule has 0 aliphatic heterocycles. The van der Waals surface area contributed by atoms with Gasteiger partial charge in [0.15, 0.2) is 0 Å². The van der Waals surface area contributed by atoms with Crippen molar-refractivity contribution in [3.63, 3.8) is 0 Å². The highest BCUT2D eigenvalue weighted by molar-refractivity contribution is 4.79. The van der Waals surface area contributed by atoms with Crippen LogP contribution in [0.5, 0.6) is 0 Å². The van der Waals surface area contributed by atoms with E-state index in [0.29, 0.717) is 5.54 Å². The van der Waals surface area contributed by atoms with Gasteiger partial charge in [0.2, 0.25) is 0 Å². The van der Waals surface area contributed by atoms with Crippen molar-refractivity contribution in [1.29, 1.82) is 0 Å². The zero-order valence-electron chi connectivity index (χ0n) is 8.66. The van der Waals surface area contributed by atoms with Gasteiger partial charge in [-0.1, -0.05) is 12.8 Å². The molecule has 72 valence electrons. The summed E-state index contributed by atoms with van der Waals surface area (Å²) in [6.45, 7) is 1.11. The standard InChI is InChI=1S/C10H22N2/c1-12(2)10(9-11)7-5-3-4-6-8-10/h3-9,11H2,1-2H3/p+2. The smallest absolute Gasteiger partial charge is 0.146 e. The molecule has 1 fully saturated rings. The van der Waals surface area contributed by atoms with Crippen LogP contribution < -0.4 is 10.6 Å². The number of likely N-dealkylation sites (N-methyl/N-ethyl adjacent to an activating group) is 1. The molecule has 0 amide bonds. The zero-order valence-corrected chi connectivity index (χ0v) is 8.66. The third kappa shape index (κ3) is 1.99. The molecule has 2 heteroatoms. The number of rotatable bonds is 2. The fourth-order valence-electron chi connectivity index (χ4n) is 2.41. The first-order valence-corrected chi connectivity index (χ1v) is 5.31. The van der Waals surface area contributed by atoms with E-state index in [0.717, 1.165) is 6.54 Å². The monoisotopic (exact) mass is 172 g/mol. The van der Waals surface area contributed by atoms with Gasteiger partial charge >= 0.3 is 0 Å². The van der Waals surface area contributed by atoms with Crippen LogP contribution in [0.25, 0.3) is 0 Å². The molecule has 0 heterocycles. The summed E-state index contributed by atoms with van der Waals surface area (Å²) in [7, 11) is 4.58. The first kappa shape index (κ1) is 10.0. The lowest BCUT2D eigenvalue weighted by atomic mass is 9.89. The molecule has 0 unspecified atom stereocenters. The van der Waals surface area contributed by atoms with Gasteiger partial charge in [0, 0.05) is 12.8 Å². The third-order valence-electron chi connectivity index (χ3n) is 3.60. The summed E-state index contributed by atoms with van der Waals surface area (Å²) >= 11 is 0. The maximum atomic E-state index is 4.12. The molecule has 1 saturated carbocycles. The molecule has 12 heavy (non-hydrogen) atoms. The Balaban J connectivity index is 2.61. The van der Waals surface area contributed by atoms with E-state index in [1.807, 2.05) is 0 Å². The summed E-state index contributed by atoms with van der Waals surface area (Å²) in [5, 5.41) is 0. The fraction of sp³-hybridized carbons (Fsp3) is 1.00. The Hall–Kier alpha value is -0.0800. The highest BCUT2D eigenvalue weighted by Gasteiger charge is 2.37. The average molecular weight is 172 g/mol. The van der Waals surface area contributed by atoms with Gasteiger partial charge in [0.05, 0.1) is 14.1 Å². The molecule has 2 nitrogen and oxygen atoms in total. The normalized spacial score (nSPS) is 24.0. The molecule has 0 atom stereocenters. The number of hydrogen-bond acceptors (Lipinski definition) is 0. The Labute approximate surface area is 76.1 Å². The van der Waals surface area contributed by atoms with Crippen molar-refractivity contribution < 1.29 is 10.6 Å². The molecule has 0 spiro atoms. The van der Waals surface area contributed by atoms with Crippen molar-refractivity contribution in [1.82, 2.24) is 0 Å². The molecule has 0 bridgehead atoms. The molecule has 0 radical (unpaired) electrons. The maximum absolute atomic E-state index is 4.12. The highest BCUT2D eigenvalue weighted by atomic mass is 15.2. The van der Waals surface area contributed by atoms with Gasteiger partial charge in [-0.2, -0.15) is 0 Å². The van der Waals surface area contributed by atoms with Crippen LogP contribution in [0.2, 0.25) is 0 Å². The zero-order chi connectivity index (χ0) is 9.03. The molecule has 0 aromatic rings. The quantitative estimate of drug-likeness (QED) is 0.525. The lowest BCUT2D eigenvalue weighted by molar-refractivity contribution is -0.924. The summed E-state index contributed by atoms with van der Waals surface area (Å²) in [5.41, 5.74) is 4.63. The molecule has 1 aliphatic rings. The second-order valence-corrected chi connectivity index (χ2v) is 4.44. The van der Waals surface area contributed by atoms with Crippen LogP contribution in [-0.2, 0) is 0 Å². The molecule has 1 rings (SSSR count). The van der Waals surface area contributed by atoms with Crippen LogP contribution >= 0.6 is 0 Å². The summed E-state index contributed by atoms with van der Waals surface area (Å²) in [4.78, 5) is 1.61. The van der Waals surface area contributed by atoms with E-state index in [1.165, 1.54) is 38.5 Å². The Bertz CT molecular complexity index is 124. The summed E-state index contributed by atoms with van der Waals surface area (Å²) in [6.07, 6.45) is 8.49. The molecule has 0 saturated heterocycles. The van der Waals surface area contributed by atoms with Gasteiger partial charge in [-0.15, -0.1) is 0 Å². The Morgan fingerprint density at radius 3 is 1.92 bits per heavy atom. The second kappa shape index (κ2) is 4.24. The lowest BCUT2D eigenvalue weighted by Gasteiger charge is -2.32. The van der Waals surface area contributed by atoms with Crippen molar-refractivity contribution in [3.8, 4) is 0 Å². The van der Waals surface area contributed by atoms with Crippen LogP contribution in [0.15, 0.2) is 0 Å². The third-order valence-corrected chi connectivity index (χ3v) is 3.60. The van der Waals surface area contributed by atoms with E-state index in [4.69, 9.17) is 0 Å². The van der Waals surface area contributed by atoms with Crippen LogP contribution in [0.3, 0.4) is 0 Å². The fourth-order valence-corrected chi connectivity index (χ4v) is 2.41. The van der Waals surface area contributed by atoms with Crippen LogP contribution in [0, 0.1) is 0 Å².